The third-order valence-corrected chi connectivity index (χ3v) is 4.88. The highest BCUT2D eigenvalue weighted by Gasteiger charge is 2.25. The van der Waals surface area contributed by atoms with Crippen molar-refractivity contribution in [3.05, 3.63) is 34.9 Å². The van der Waals surface area contributed by atoms with Crippen LogP contribution in [0.3, 0.4) is 0 Å². The minimum atomic E-state index is -0.0410. The van der Waals surface area contributed by atoms with Gasteiger partial charge in [0, 0.05) is 32.2 Å². The van der Waals surface area contributed by atoms with E-state index in [9.17, 15) is 9.59 Å². The van der Waals surface area contributed by atoms with Gasteiger partial charge in [-0.2, -0.15) is 0 Å². The van der Waals surface area contributed by atoms with Crippen LogP contribution in [0.15, 0.2) is 18.2 Å². The van der Waals surface area contributed by atoms with Gasteiger partial charge in [0.25, 0.3) is 0 Å². The number of piperazine rings is 1. The van der Waals surface area contributed by atoms with Crippen LogP contribution in [0.2, 0.25) is 0 Å². The van der Waals surface area contributed by atoms with E-state index in [2.05, 4.69) is 51.2 Å². The van der Waals surface area contributed by atoms with Crippen LogP contribution in [0, 0.1) is 6.92 Å². The standard InChI is InChI=1S/C21H33N3O2/c1-15(2)22-20(26)24-11-9-23(10-12-24)19(25)14-17-7-8-18(13-16(17)3)21(4,5)6/h7-8,13,15H,9-12,14H2,1-6H3,(H,22,26). The largest absolute Gasteiger partial charge is 0.339 e. The molecule has 5 nitrogen and oxygen atoms in total. The molecule has 1 aromatic carbocycles. The van der Waals surface area contributed by atoms with E-state index in [1.165, 1.54) is 11.1 Å². The molecule has 1 N–H and O–H groups in total. The zero-order valence-corrected chi connectivity index (χ0v) is 17.1. The summed E-state index contributed by atoms with van der Waals surface area (Å²) in [5.74, 6) is 0.139. The van der Waals surface area contributed by atoms with E-state index in [4.69, 9.17) is 0 Å². The van der Waals surface area contributed by atoms with E-state index in [0.717, 1.165) is 5.56 Å². The normalized spacial score (nSPS) is 15.3. The fraction of sp³-hybridized carbons (Fsp3) is 0.619. The van der Waals surface area contributed by atoms with Gasteiger partial charge in [0.2, 0.25) is 5.91 Å². The van der Waals surface area contributed by atoms with Crippen LogP contribution >= 0.6 is 0 Å². The third kappa shape index (κ3) is 5.23. The van der Waals surface area contributed by atoms with Gasteiger partial charge in [-0.3, -0.25) is 4.79 Å². The summed E-state index contributed by atoms with van der Waals surface area (Å²) in [6.45, 7) is 14.9. The Bertz CT molecular complexity index is 654. The molecule has 0 atom stereocenters. The van der Waals surface area contributed by atoms with Gasteiger partial charge < -0.3 is 15.1 Å². The smallest absolute Gasteiger partial charge is 0.317 e. The summed E-state index contributed by atoms with van der Waals surface area (Å²) in [7, 11) is 0. The first-order chi connectivity index (χ1) is 12.1. The Hall–Kier alpha value is -2.04. The van der Waals surface area contributed by atoms with Crippen molar-refractivity contribution in [1.82, 2.24) is 15.1 Å². The lowest BCUT2D eigenvalue weighted by atomic mass is 9.85. The molecule has 1 heterocycles. The number of carbonyl (C=O) groups is 2. The maximum atomic E-state index is 12.7. The molecule has 1 fully saturated rings. The average Bonchev–Trinajstić information content (AvgIpc) is 2.55. The van der Waals surface area contributed by atoms with Crippen molar-refractivity contribution >= 4 is 11.9 Å². The molecule has 0 aromatic heterocycles. The molecule has 1 aromatic rings. The summed E-state index contributed by atoms with van der Waals surface area (Å²) >= 11 is 0. The Kier molecular flexibility index (Phi) is 6.32. The Morgan fingerprint density at radius 2 is 1.65 bits per heavy atom. The minimum absolute atomic E-state index is 0.0410. The maximum Gasteiger partial charge on any atom is 0.317 e. The van der Waals surface area contributed by atoms with Crippen LogP contribution < -0.4 is 5.32 Å². The summed E-state index contributed by atoms with van der Waals surface area (Å²) in [5.41, 5.74) is 3.65. The van der Waals surface area contributed by atoms with Gasteiger partial charge in [-0.05, 0) is 42.9 Å². The highest BCUT2D eigenvalue weighted by molar-refractivity contribution is 5.80. The second kappa shape index (κ2) is 8.11. The molecule has 0 bridgehead atoms. The first kappa shape index (κ1) is 20.3. The fourth-order valence-corrected chi connectivity index (χ4v) is 3.13. The van der Waals surface area contributed by atoms with Crippen LogP contribution in [0.25, 0.3) is 0 Å². The number of hydrogen-bond donors (Lipinski definition) is 1. The predicted octanol–water partition coefficient (Wildman–Crippen LogP) is 3.10. The van der Waals surface area contributed by atoms with Crippen LogP contribution in [-0.2, 0) is 16.6 Å². The summed E-state index contributed by atoms with van der Waals surface area (Å²) in [5, 5.41) is 2.90. The van der Waals surface area contributed by atoms with Gasteiger partial charge in [0.15, 0.2) is 0 Å². The summed E-state index contributed by atoms with van der Waals surface area (Å²) < 4.78 is 0. The highest BCUT2D eigenvalue weighted by atomic mass is 16.2. The van der Waals surface area contributed by atoms with Crippen molar-refractivity contribution in [3.63, 3.8) is 0 Å². The number of amides is 3. The first-order valence-electron chi connectivity index (χ1n) is 9.51. The molecule has 0 radical (unpaired) electrons. The summed E-state index contributed by atoms with van der Waals surface area (Å²) in [4.78, 5) is 28.4. The number of urea groups is 1. The molecule has 5 heteroatoms. The number of benzene rings is 1. The molecule has 0 spiro atoms. The molecule has 26 heavy (non-hydrogen) atoms. The average molecular weight is 360 g/mol. The molecule has 3 amide bonds. The molecule has 2 rings (SSSR count). The zero-order valence-electron chi connectivity index (χ0n) is 17.1. The molecular weight excluding hydrogens is 326 g/mol. The topological polar surface area (TPSA) is 52.7 Å². The van der Waals surface area contributed by atoms with Crippen molar-refractivity contribution in [2.24, 2.45) is 0 Å². The van der Waals surface area contributed by atoms with E-state index in [1.807, 2.05) is 18.7 Å². The summed E-state index contributed by atoms with van der Waals surface area (Å²) in [6, 6.07) is 6.49. The molecule has 0 unspecified atom stereocenters. The predicted molar refractivity (Wildman–Crippen MR) is 105 cm³/mol. The lowest BCUT2D eigenvalue weighted by Gasteiger charge is -2.35. The number of aryl methyl sites for hydroxylation is 1. The fourth-order valence-electron chi connectivity index (χ4n) is 3.13. The van der Waals surface area contributed by atoms with Crippen LogP contribution in [0.5, 0.6) is 0 Å². The molecule has 0 saturated carbocycles. The molecule has 1 saturated heterocycles. The van der Waals surface area contributed by atoms with Gasteiger partial charge in [0.1, 0.15) is 0 Å². The maximum absolute atomic E-state index is 12.7. The first-order valence-corrected chi connectivity index (χ1v) is 9.51. The van der Waals surface area contributed by atoms with Crippen molar-refractivity contribution in [2.75, 3.05) is 26.2 Å². The minimum Gasteiger partial charge on any atom is -0.339 e. The molecule has 1 aliphatic heterocycles. The van der Waals surface area contributed by atoms with Gasteiger partial charge in [-0.1, -0.05) is 39.0 Å². The van der Waals surface area contributed by atoms with Gasteiger partial charge in [-0.15, -0.1) is 0 Å². The molecule has 144 valence electrons. The van der Waals surface area contributed by atoms with Crippen LogP contribution in [-0.4, -0.2) is 54.0 Å². The highest BCUT2D eigenvalue weighted by Crippen LogP contribution is 2.24. The molecule has 0 aliphatic carbocycles. The molecular formula is C21H33N3O2. The van der Waals surface area contributed by atoms with E-state index in [0.29, 0.717) is 32.6 Å². The van der Waals surface area contributed by atoms with E-state index in [-0.39, 0.29) is 23.4 Å². The van der Waals surface area contributed by atoms with E-state index < -0.39 is 0 Å². The Labute approximate surface area is 157 Å². The Morgan fingerprint density at radius 1 is 1.08 bits per heavy atom. The van der Waals surface area contributed by atoms with E-state index >= 15 is 0 Å². The van der Waals surface area contributed by atoms with Crippen LogP contribution in [0.1, 0.15) is 51.3 Å². The number of hydrogen-bond acceptors (Lipinski definition) is 2. The summed E-state index contributed by atoms with van der Waals surface area (Å²) in [6.07, 6.45) is 0.425. The van der Waals surface area contributed by atoms with Crippen molar-refractivity contribution < 1.29 is 9.59 Å². The molecule has 1 aliphatic rings. The van der Waals surface area contributed by atoms with E-state index in [1.54, 1.807) is 4.90 Å². The zero-order chi connectivity index (χ0) is 19.5. The van der Waals surface area contributed by atoms with Gasteiger partial charge in [-0.25, -0.2) is 4.79 Å². The number of rotatable bonds is 3. The lowest BCUT2D eigenvalue weighted by Crippen LogP contribution is -2.54. The second-order valence-electron chi connectivity index (χ2n) is 8.54. The van der Waals surface area contributed by atoms with Crippen LogP contribution in [0.4, 0.5) is 4.79 Å². The Morgan fingerprint density at radius 3 is 2.15 bits per heavy atom. The SMILES string of the molecule is Cc1cc(C(C)(C)C)ccc1CC(=O)N1CCN(C(=O)NC(C)C)CC1. The number of nitrogens with zero attached hydrogens (tertiary/aromatic N) is 2. The van der Waals surface area contributed by atoms with Crippen molar-refractivity contribution in [3.8, 4) is 0 Å². The van der Waals surface area contributed by atoms with Crippen molar-refractivity contribution in [2.45, 2.75) is 59.4 Å². The quantitative estimate of drug-likeness (QED) is 0.902. The number of nitrogens with one attached hydrogen (secondary N) is 1. The second-order valence-corrected chi connectivity index (χ2v) is 8.54. The van der Waals surface area contributed by atoms with Gasteiger partial charge in [0.05, 0.1) is 6.42 Å². The van der Waals surface area contributed by atoms with Crippen molar-refractivity contribution in [1.29, 1.82) is 0 Å². The van der Waals surface area contributed by atoms with Gasteiger partial charge >= 0.3 is 6.03 Å². The number of carbonyl (C=O) groups excluding carboxylic acids is 2. The Balaban J connectivity index is 1.92. The lowest BCUT2D eigenvalue weighted by molar-refractivity contribution is -0.131. The monoisotopic (exact) mass is 359 g/mol. The third-order valence-electron chi connectivity index (χ3n) is 4.88.